The van der Waals surface area contributed by atoms with Crippen molar-refractivity contribution in [3.05, 3.63) is 44.2 Å². The molecule has 12 heteroatoms. The molecule has 0 saturated carbocycles. The van der Waals surface area contributed by atoms with Crippen LogP contribution in [0.3, 0.4) is 0 Å². The van der Waals surface area contributed by atoms with Gasteiger partial charge in [-0.15, -0.1) is 5.10 Å². The Balaban J connectivity index is 2.10. The molecule has 0 fully saturated rings. The average Bonchev–Trinajstić information content (AvgIpc) is 2.94. The van der Waals surface area contributed by atoms with Gasteiger partial charge in [0.25, 0.3) is 15.2 Å². The van der Waals surface area contributed by atoms with Gasteiger partial charge in [-0.1, -0.05) is 40.9 Å². The summed E-state index contributed by atoms with van der Waals surface area (Å²) >= 11 is 21.0. The SMILES string of the molecule is O=S(=O)(Nc1c(Cl)cccc1Cl)c1nc2c(Cl)ncc(Br)n2n1. The van der Waals surface area contributed by atoms with Crippen LogP contribution in [-0.4, -0.2) is 28.0 Å². The number of sulfonamides is 1. The maximum atomic E-state index is 12.5. The van der Waals surface area contributed by atoms with E-state index in [-0.39, 0.29) is 26.5 Å². The Bertz CT molecular complexity index is 965. The molecule has 0 unspecified atom stereocenters. The average molecular weight is 458 g/mol. The fourth-order valence-corrected chi connectivity index (χ4v) is 3.79. The molecule has 120 valence electrons. The van der Waals surface area contributed by atoms with E-state index in [1.807, 2.05) is 0 Å². The van der Waals surface area contributed by atoms with Crippen molar-refractivity contribution in [3.63, 3.8) is 0 Å². The van der Waals surface area contributed by atoms with E-state index < -0.39 is 15.2 Å². The minimum absolute atomic E-state index is 0.0120. The normalized spacial score (nSPS) is 11.8. The molecule has 1 N–H and O–H groups in total. The van der Waals surface area contributed by atoms with Crippen LogP contribution in [-0.2, 0) is 10.0 Å². The molecule has 7 nitrogen and oxygen atoms in total. The Morgan fingerprint density at radius 3 is 2.43 bits per heavy atom. The summed E-state index contributed by atoms with van der Waals surface area (Å²) in [6.07, 6.45) is 1.37. The minimum Gasteiger partial charge on any atom is -0.274 e. The fraction of sp³-hybridized carbons (Fsp3) is 0. The maximum absolute atomic E-state index is 12.5. The number of para-hydroxylation sites is 1. The molecule has 0 bridgehead atoms. The van der Waals surface area contributed by atoms with Crippen molar-refractivity contribution in [2.45, 2.75) is 5.16 Å². The molecule has 0 aliphatic carbocycles. The summed E-state index contributed by atoms with van der Waals surface area (Å²) in [6, 6.07) is 4.59. The third-order valence-corrected chi connectivity index (χ3v) is 5.26. The van der Waals surface area contributed by atoms with E-state index in [2.05, 4.69) is 35.7 Å². The molecule has 0 radical (unpaired) electrons. The Kier molecular flexibility index (Phi) is 4.41. The monoisotopic (exact) mass is 455 g/mol. The van der Waals surface area contributed by atoms with Crippen molar-refractivity contribution in [2.24, 2.45) is 0 Å². The van der Waals surface area contributed by atoms with E-state index >= 15 is 0 Å². The molecule has 0 aliphatic rings. The number of rotatable bonds is 3. The summed E-state index contributed by atoms with van der Waals surface area (Å²) in [5, 5.41) is 3.70. The zero-order valence-electron chi connectivity index (χ0n) is 10.8. The number of aromatic nitrogens is 4. The molecular formula is C11H5BrCl3N5O2S. The van der Waals surface area contributed by atoms with Crippen LogP contribution < -0.4 is 4.72 Å². The van der Waals surface area contributed by atoms with Gasteiger partial charge in [0.15, 0.2) is 10.8 Å². The Labute approximate surface area is 153 Å². The second kappa shape index (κ2) is 6.06. The van der Waals surface area contributed by atoms with E-state index in [4.69, 9.17) is 34.8 Å². The number of nitrogens with zero attached hydrogens (tertiary/aromatic N) is 4. The molecule has 3 aromatic rings. The van der Waals surface area contributed by atoms with Crippen molar-refractivity contribution >= 4 is 72.1 Å². The number of hydrogen-bond donors (Lipinski definition) is 1. The maximum Gasteiger partial charge on any atom is 0.299 e. The second-order valence-corrected chi connectivity index (χ2v) is 7.76. The predicted molar refractivity (Wildman–Crippen MR) is 90.8 cm³/mol. The topological polar surface area (TPSA) is 89.2 Å². The van der Waals surface area contributed by atoms with Gasteiger partial charge in [0, 0.05) is 0 Å². The largest absolute Gasteiger partial charge is 0.299 e. The van der Waals surface area contributed by atoms with Crippen LogP contribution in [0, 0.1) is 0 Å². The van der Waals surface area contributed by atoms with Crippen LogP contribution in [0.25, 0.3) is 5.65 Å². The highest BCUT2D eigenvalue weighted by molar-refractivity contribution is 9.10. The van der Waals surface area contributed by atoms with E-state index in [0.717, 1.165) is 0 Å². The molecular weight excluding hydrogens is 452 g/mol. The molecule has 23 heavy (non-hydrogen) atoms. The molecule has 2 aromatic heterocycles. The number of anilines is 1. The van der Waals surface area contributed by atoms with Crippen molar-refractivity contribution in [1.29, 1.82) is 0 Å². The quantitative estimate of drug-likeness (QED) is 0.649. The third-order valence-electron chi connectivity index (χ3n) is 2.70. The van der Waals surface area contributed by atoms with Gasteiger partial charge in [-0.2, -0.15) is 13.4 Å². The lowest BCUT2D eigenvalue weighted by atomic mass is 10.3. The summed E-state index contributed by atoms with van der Waals surface area (Å²) in [5.74, 6) is 0. The highest BCUT2D eigenvalue weighted by Crippen LogP contribution is 2.31. The van der Waals surface area contributed by atoms with Crippen molar-refractivity contribution in [2.75, 3.05) is 4.72 Å². The van der Waals surface area contributed by atoms with Gasteiger partial charge >= 0.3 is 0 Å². The van der Waals surface area contributed by atoms with Gasteiger partial charge < -0.3 is 0 Å². The fourth-order valence-electron chi connectivity index (χ4n) is 1.69. The molecule has 3 rings (SSSR count). The first kappa shape index (κ1) is 16.7. The molecule has 2 heterocycles. The molecule has 1 aromatic carbocycles. The number of fused-ring (bicyclic) bond motifs is 1. The molecule has 0 saturated heterocycles. The number of halogens is 4. The zero-order chi connectivity index (χ0) is 16.8. The Morgan fingerprint density at radius 2 is 1.83 bits per heavy atom. The first-order chi connectivity index (χ1) is 10.8. The molecule has 0 atom stereocenters. The van der Waals surface area contributed by atoms with E-state index in [1.54, 1.807) is 6.07 Å². The zero-order valence-corrected chi connectivity index (χ0v) is 15.5. The van der Waals surface area contributed by atoms with E-state index in [0.29, 0.717) is 4.60 Å². The van der Waals surface area contributed by atoms with Gasteiger partial charge in [0.1, 0.15) is 4.60 Å². The first-order valence-corrected chi connectivity index (χ1v) is 9.24. The number of nitrogens with one attached hydrogen (secondary N) is 1. The summed E-state index contributed by atoms with van der Waals surface area (Å²) in [7, 11) is -4.12. The van der Waals surface area contributed by atoms with E-state index in [9.17, 15) is 8.42 Å². The summed E-state index contributed by atoms with van der Waals surface area (Å²) in [5.41, 5.74) is 0.129. The Morgan fingerprint density at radius 1 is 1.17 bits per heavy atom. The van der Waals surface area contributed by atoms with Gasteiger partial charge in [-0.05, 0) is 28.1 Å². The van der Waals surface area contributed by atoms with Crippen LogP contribution in [0.4, 0.5) is 5.69 Å². The van der Waals surface area contributed by atoms with Gasteiger partial charge in [-0.3, -0.25) is 4.72 Å². The third kappa shape index (κ3) is 3.11. The Hall–Kier alpha value is -1.13. The van der Waals surface area contributed by atoms with Crippen LogP contribution in [0.1, 0.15) is 0 Å². The lowest BCUT2D eigenvalue weighted by molar-refractivity contribution is 0.592. The second-order valence-electron chi connectivity index (χ2n) is 4.20. The van der Waals surface area contributed by atoms with Crippen molar-refractivity contribution < 1.29 is 8.42 Å². The standard InChI is InChI=1S/C11H5BrCl3N5O2S/c12-7-4-16-9(15)10-17-11(18-20(7)10)23(21,22)19-8-5(13)2-1-3-6(8)14/h1-4,19H. The molecule has 0 spiro atoms. The van der Waals surface area contributed by atoms with Gasteiger partial charge in [0.05, 0.1) is 21.9 Å². The lowest BCUT2D eigenvalue weighted by Gasteiger charge is -2.08. The summed E-state index contributed by atoms with van der Waals surface area (Å²) in [4.78, 5) is 7.74. The van der Waals surface area contributed by atoms with Crippen LogP contribution >= 0.6 is 50.7 Å². The van der Waals surface area contributed by atoms with E-state index in [1.165, 1.54) is 22.8 Å². The number of benzene rings is 1. The minimum atomic E-state index is -4.12. The summed E-state index contributed by atoms with van der Waals surface area (Å²) in [6.45, 7) is 0. The molecule has 0 amide bonds. The van der Waals surface area contributed by atoms with Crippen LogP contribution in [0.15, 0.2) is 34.2 Å². The van der Waals surface area contributed by atoms with Gasteiger partial charge in [-0.25, -0.2) is 9.50 Å². The van der Waals surface area contributed by atoms with Gasteiger partial charge in [0.2, 0.25) is 0 Å². The highest BCUT2D eigenvalue weighted by atomic mass is 79.9. The van der Waals surface area contributed by atoms with Crippen LogP contribution in [0.5, 0.6) is 0 Å². The number of hydrogen-bond acceptors (Lipinski definition) is 5. The summed E-state index contributed by atoms with van der Waals surface area (Å²) < 4.78 is 28.8. The highest BCUT2D eigenvalue weighted by Gasteiger charge is 2.24. The smallest absolute Gasteiger partial charge is 0.274 e. The van der Waals surface area contributed by atoms with Crippen LogP contribution in [0.2, 0.25) is 15.2 Å². The predicted octanol–water partition coefficient (Wildman–Crippen LogP) is 3.65. The first-order valence-electron chi connectivity index (χ1n) is 5.83. The molecule has 0 aliphatic heterocycles. The van der Waals surface area contributed by atoms with Crippen molar-refractivity contribution in [1.82, 2.24) is 19.6 Å². The van der Waals surface area contributed by atoms with Crippen molar-refractivity contribution in [3.8, 4) is 0 Å². The lowest BCUT2D eigenvalue weighted by Crippen LogP contribution is -2.15.